The normalized spacial score (nSPS) is 20.6. The first-order valence-corrected chi connectivity index (χ1v) is 7.50. The number of carboxylic acid groups (broad SMARTS) is 1. The van der Waals surface area contributed by atoms with Crippen LogP contribution < -0.4 is 0 Å². The number of carbonyl (C=O) groups is 1. The van der Waals surface area contributed by atoms with Crippen LogP contribution in [0.1, 0.15) is 18.4 Å². The number of sulfonamides is 1. The molecule has 116 valence electrons. The quantitative estimate of drug-likeness (QED) is 0.922. The highest BCUT2D eigenvalue weighted by Crippen LogP contribution is 2.36. The SMILES string of the molecule is O=C(O)C1CCCN1S(=O)(=O)c1ccccc1C(F)(F)F. The summed E-state index contributed by atoms with van der Waals surface area (Å²) in [4.78, 5) is 10.1. The Morgan fingerprint density at radius 2 is 1.90 bits per heavy atom. The molecule has 1 N–H and O–H groups in total. The van der Waals surface area contributed by atoms with Crippen molar-refractivity contribution in [3.8, 4) is 0 Å². The summed E-state index contributed by atoms with van der Waals surface area (Å²) >= 11 is 0. The molecule has 0 saturated carbocycles. The molecule has 1 atom stereocenters. The number of hydrogen-bond acceptors (Lipinski definition) is 3. The van der Waals surface area contributed by atoms with Crippen LogP contribution in [0.2, 0.25) is 0 Å². The van der Waals surface area contributed by atoms with Gasteiger partial charge in [-0.2, -0.15) is 17.5 Å². The number of alkyl halides is 3. The molecule has 1 aliphatic heterocycles. The molecule has 0 bridgehead atoms. The molecule has 1 fully saturated rings. The van der Waals surface area contributed by atoms with Crippen molar-refractivity contribution in [2.45, 2.75) is 30.0 Å². The summed E-state index contributed by atoms with van der Waals surface area (Å²) in [5, 5.41) is 8.99. The molecule has 0 aromatic heterocycles. The van der Waals surface area contributed by atoms with Gasteiger partial charge < -0.3 is 5.11 Å². The van der Waals surface area contributed by atoms with Gasteiger partial charge in [0.2, 0.25) is 10.0 Å². The van der Waals surface area contributed by atoms with E-state index in [-0.39, 0.29) is 13.0 Å². The van der Waals surface area contributed by atoms with E-state index >= 15 is 0 Å². The van der Waals surface area contributed by atoms with Gasteiger partial charge in [0, 0.05) is 6.54 Å². The molecule has 1 aromatic carbocycles. The zero-order valence-electron chi connectivity index (χ0n) is 10.7. The molecule has 0 spiro atoms. The number of benzene rings is 1. The average Bonchev–Trinajstić information content (AvgIpc) is 2.88. The van der Waals surface area contributed by atoms with Gasteiger partial charge >= 0.3 is 12.1 Å². The predicted molar refractivity (Wildman–Crippen MR) is 66.0 cm³/mol. The number of carboxylic acids is 1. The highest BCUT2D eigenvalue weighted by molar-refractivity contribution is 7.89. The Kier molecular flexibility index (Phi) is 3.98. The van der Waals surface area contributed by atoms with Gasteiger partial charge in [-0.25, -0.2) is 8.42 Å². The van der Waals surface area contributed by atoms with E-state index in [0.717, 1.165) is 12.1 Å². The van der Waals surface area contributed by atoms with Gasteiger partial charge in [-0.15, -0.1) is 0 Å². The van der Waals surface area contributed by atoms with Crippen LogP contribution in [0.15, 0.2) is 29.2 Å². The summed E-state index contributed by atoms with van der Waals surface area (Å²) in [5.74, 6) is -1.36. The summed E-state index contributed by atoms with van der Waals surface area (Å²) < 4.78 is 64.1. The number of rotatable bonds is 3. The predicted octanol–water partition coefficient (Wildman–Crippen LogP) is 1.94. The molecule has 21 heavy (non-hydrogen) atoms. The van der Waals surface area contributed by atoms with E-state index in [1.165, 1.54) is 6.07 Å². The Balaban J connectivity index is 2.53. The lowest BCUT2D eigenvalue weighted by Gasteiger charge is -2.23. The Hall–Kier alpha value is -1.61. The van der Waals surface area contributed by atoms with Crippen LogP contribution in [-0.2, 0) is 21.0 Å². The third kappa shape index (κ3) is 2.88. The Labute approximate surface area is 119 Å². The number of hydrogen-bond donors (Lipinski definition) is 1. The number of nitrogens with zero attached hydrogens (tertiary/aromatic N) is 1. The highest BCUT2D eigenvalue weighted by atomic mass is 32.2. The van der Waals surface area contributed by atoms with Crippen molar-refractivity contribution < 1.29 is 31.5 Å². The van der Waals surface area contributed by atoms with E-state index in [1.54, 1.807) is 0 Å². The largest absolute Gasteiger partial charge is 0.480 e. The van der Waals surface area contributed by atoms with Gasteiger partial charge in [0.05, 0.1) is 10.5 Å². The van der Waals surface area contributed by atoms with Crippen LogP contribution in [0.5, 0.6) is 0 Å². The zero-order valence-corrected chi connectivity index (χ0v) is 11.5. The second-order valence-corrected chi connectivity index (χ2v) is 6.46. The van der Waals surface area contributed by atoms with Crippen LogP contribution in [0.25, 0.3) is 0 Å². The van der Waals surface area contributed by atoms with Crippen molar-refractivity contribution in [3.05, 3.63) is 29.8 Å². The summed E-state index contributed by atoms with van der Waals surface area (Å²) in [7, 11) is -4.51. The van der Waals surface area contributed by atoms with Crippen molar-refractivity contribution in [3.63, 3.8) is 0 Å². The second-order valence-electron chi connectivity index (χ2n) is 4.61. The van der Waals surface area contributed by atoms with Gasteiger partial charge in [-0.3, -0.25) is 4.79 Å². The number of aliphatic carboxylic acids is 1. The molecule has 1 unspecified atom stereocenters. The van der Waals surface area contributed by atoms with Crippen molar-refractivity contribution in [2.75, 3.05) is 6.54 Å². The van der Waals surface area contributed by atoms with Gasteiger partial charge in [-0.1, -0.05) is 12.1 Å². The van der Waals surface area contributed by atoms with Crippen LogP contribution in [0.3, 0.4) is 0 Å². The van der Waals surface area contributed by atoms with E-state index in [2.05, 4.69) is 0 Å². The van der Waals surface area contributed by atoms with Crippen molar-refractivity contribution >= 4 is 16.0 Å². The minimum absolute atomic E-state index is 0.0861. The Morgan fingerprint density at radius 1 is 1.29 bits per heavy atom. The van der Waals surface area contributed by atoms with Crippen molar-refractivity contribution in [1.82, 2.24) is 4.31 Å². The smallest absolute Gasteiger partial charge is 0.417 e. The molecule has 0 amide bonds. The topological polar surface area (TPSA) is 74.7 Å². The van der Waals surface area contributed by atoms with Crippen molar-refractivity contribution in [1.29, 1.82) is 0 Å². The van der Waals surface area contributed by atoms with Crippen LogP contribution in [0.4, 0.5) is 13.2 Å². The summed E-state index contributed by atoms with van der Waals surface area (Å²) in [6.07, 6.45) is -4.45. The molecule has 2 rings (SSSR count). The maximum absolute atomic E-state index is 12.9. The molecule has 1 aromatic rings. The first kappa shape index (κ1) is 15.8. The van der Waals surface area contributed by atoms with Gasteiger partial charge in [-0.05, 0) is 25.0 Å². The summed E-state index contributed by atoms with van der Waals surface area (Å²) in [6, 6.07) is 2.44. The zero-order chi connectivity index (χ0) is 15.8. The monoisotopic (exact) mass is 323 g/mol. The van der Waals surface area contributed by atoms with Crippen LogP contribution in [0, 0.1) is 0 Å². The Morgan fingerprint density at radius 3 is 2.48 bits per heavy atom. The number of halogens is 3. The van der Waals surface area contributed by atoms with Gasteiger partial charge in [0.1, 0.15) is 6.04 Å². The molecule has 1 aliphatic rings. The fraction of sp³-hybridized carbons (Fsp3) is 0.417. The molecule has 0 aliphatic carbocycles. The van der Waals surface area contributed by atoms with Gasteiger partial charge in [0.15, 0.2) is 0 Å². The maximum atomic E-state index is 12.9. The Bertz CT molecular complexity index is 657. The minimum atomic E-state index is -4.83. The maximum Gasteiger partial charge on any atom is 0.417 e. The van der Waals surface area contributed by atoms with E-state index in [4.69, 9.17) is 5.11 Å². The highest BCUT2D eigenvalue weighted by Gasteiger charge is 2.43. The third-order valence-electron chi connectivity index (χ3n) is 3.27. The molecule has 9 heteroatoms. The third-order valence-corrected chi connectivity index (χ3v) is 5.23. The van der Waals surface area contributed by atoms with Crippen LogP contribution >= 0.6 is 0 Å². The standard InChI is InChI=1S/C12H12F3NO4S/c13-12(14,15)8-4-1-2-6-10(8)21(19,20)16-7-3-5-9(16)11(17)18/h1-2,4,6,9H,3,5,7H2,(H,17,18). The molecule has 1 heterocycles. The van der Waals surface area contributed by atoms with E-state index < -0.39 is 38.7 Å². The van der Waals surface area contributed by atoms with Crippen molar-refractivity contribution in [2.24, 2.45) is 0 Å². The second kappa shape index (κ2) is 5.30. The van der Waals surface area contributed by atoms with E-state index in [0.29, 0.717) is 16.8 Å². The lowest BCUT2D eigenvalue weighted by atomic mass is 10.2. The van der Waals surface area contributed by atoms with Crippen LogP contribution in [-0.4, -0.2) is 36.4 Å². The summed E-state index contributed by atoms with van der Waals surface area (Å²) in [5.41, 5.74) is -1.29. The lowest BCUT2D eigenvalue weighted by Crippen LogP contribution is -2.41. The average molecular weight is 323 g/mol. The molecule has 5 nitrogen and oxygen atoms in total. The minimum Gasteiger partial charge on any atom is -0.480 e. The molecular weight excluding hydrogens is 311 g/mol. The van der Waals surface area contributed by atoms with E-state index in [1.807, 2.05) is 0 Å². The first-order valence-electron chi connectivity index (χ1n) is 6.06. The summed E-state index contributed by atoms with van der Waals surface area (Å²) in [6.45, 7) is -0.106. The lowest BCUT2D eigenvalue weighted by molar-refractivity contribution is -0.140. The molecular formula is C12H12F3NO4S. The molecule has 0 radical (unpaired) electrons. The fourth-order valence-electron chi connectivity index (χ4n) is 2.33. The molecule has 1 saturated heterocycles. The fourth-order valence-corrected chi connectivity index (χ4v) is 4.19. The first-order chi connectivity index (χ1) is 9.65. The van der Waals surface area contributed by atoms with Gasteiger partial charge in [0.25, 0.3) is 0 Å². The van der Waals surface area contributed by atoms with E-state index in [9.17, 15) is 26.4 Å².